The van der Waals surface area contributed by atoms with Crippen LogP contribution in [0.4, 0.5) is 0 Å². The Balaban J connectivity index is 1.55. The number of carboxylic acids is 1. The number of fused-ring (bicyclic) bond motifs is 3. The van der Waals surface area contributed by atoms with Crippen LogP contribution in [0.25, 0.3) is 0 Å². The zero-order valence-corrected chi connectivity index (χ0v) is 9.50. The molecule has 4 fully saturated rings. The van der Waals surface area contributed by atoms with E-state index in [4.69, 9.17) is 19.3 Å². The van der Waals surface area contributed by atoms with Gasteiger partial charge in [0.1, 0.15) is 6.10 Å². The fourth-order valence-corrected chi connectivity index (χ4v) is 3.82. The summed E-state index contributed by atoms with van der Waals surface area (Å²) in [5, 5.41) is 8.85. The van der Waals surface area contributed by atoms with Gasteiger partial charge in [-0.3, -0.25) is 4.79 Å². The number of aliphatic carboxylic acids is 1. The van der Waals surface area contributed by atoms with Gasteiger partial charge < -0.3 is 19.3 Å². The smallest absolute Gasteiger partial charge is 0.305 e. The molecule has 3 heterocycles. The van der Waals surface area contributed by atoms with Crippen molar-refractivity contribution >= 4 is 5.97 Å². The Morgan fingerprint density at radius 3 is 2.76 bits per heavy atom. The van der Waals surface area contributed by atoms with Crippen molar-refractivity contribution in [2.75, 3.05) is 0 Å². The Bertz CT molecular complexity index is 366. The van der Waals surface area contributed by atoms with Gasteiger partial charge in [0, 0.05) is 12.8 Å². The SMILES string of the molecule is O=C(O)CC1CC[C@@H]2O[C@@H]3C[C@]2(C[C@H]2O[C@H]23)O1. The van der Waals surface area contributed by atoms with Gasteiger partial charge in [-0.05, 0) is 12.8 Å². The highest BCUT2D eigenvalue weighted by molar-refractivity contribution is 5.67. The van der Waals surface area contributed by atoms with Gasteiger partial charge in [-0.2, -0.15) is 0 Å². The molecular formula is C12H16O5. The second kappa shape index (κ2) is 3.22. The first-order valence-electron chi connectivity index (χ1n) is 6.37. The second-order valence-corrected chi connectivity index (χ2v) is 5.69. The molecule has 94 valence electrons. The minimum atomic E-state index is -0.781. The molecular weight excluding hydrogens is 224 g/mol. The Morgan fingerprint density at radius 1 is 1.24 bits per heavy atom. The average Bonchev–Trinajstić information content (AvgIpc) is 2.92. The van der Waals surface area contributed by atoms with Crippen molar-refractivity contribution < 1.29 is 24.1 Å². The van der Waals surface area contributed by atoms with Crippen molar-refractivity contribution in [3.05, 3.63) is 0 Å². The van der Waals surface area contributed by atoms with Gasteiger partial charge in [0.15, 0.2) is 0 Å². The van der Waals surface area contributed by atoms with Crippen molar-refractivity contribution in [2.24, 2.45) is 0 Å². The lowest BCUT2D eigenvalue weighted by molar-refractivity contribution is -0.177. The van der Waals surface area contributed by atoms with E-state index >= 15 is 0 Å². The average molecular weight is 240 g/mol. The molecule has 0 aromatic carbocycles. The van der Waals surface area contributed by atoms with Crippen LogP contribution in [-0.4, -0.2) is 47.2 Å². The molecule has 6 atom stereocenters. The molecule has 2 bridgehead atoms. The Labute approximate surface area is 99.0 Å². The highest BCUT2D eigenvalue weighted by atomic mass is 16.6. The van der Waals surface area contributed by atoms with Crippen LogP contribution in [0.2, 0.25) is 0 Å². The molecule has 1 unspecified atom stereocenters. The number of epoxide rings is 1. The lowest BCUT2D eigenvalue weighted by atomic mass is 9.78. The summed E-state index contributed by atoms with van der Waals surface area (Å²) < 4.78 is 17.6. The van der Waals surface area contributed by atoms with Gasteiger partial charge in [-0.15, -0.1) is 0 Å². The maximum Gasteiger partial charge on any atom is 0.305 e. The molecule has 1 spiro atoms. The van der Waals surface area contributed by atoms with Gasteiger partial charge in [-0.1, -0.05) is 0 Å². The van der Waals surface area contributed by atoms with E-state index in [1.807, 2.05) is 0 Å². The molecule has 3 aliphatic heterocycles. The van der Waals surface area contributed by atoms with Crippen LogP contribution in [0.1, 0.15) is 32.1 Å². The summed E-state index contributed by atoms with van der Waals surface area (Å²) in [6.45, 7) is 0. The zero-order chi connectivity index (χ0) is 11.6. The summed E-state index contributed by atoms with van der Waals surface area (Å²) in [5.41, 5.74) is -0.249. The third-order valence-electron chi connectivity index (χ3n) is 4.56. The number of hydrogen-bond donors (Lipinski definition) is 1. The zero-order valence-electron chi connectivity index (χ0n) is 9.50. The minimum absolute atomic E-state index is 0.105. The van der Waals surface area contributed by atoms with Crippen molar-refractivity contribution in [3.8, 4) is 0 Å². The molecule has 0 radical (unpaired) electrons. The fourth-order valence-electron chi connectivity index (χ4n) is 3.82. The molecule has 5 nitrogen and oxygen atoms in total. The summed E-state index contributed by atoms with van der Waals surface area (Å²) in [7, 11) is 0. The number of carboxylic acid groups (broad SMARTS) is 1. The summed E-state index contributed by atoms with van der Waals surface area (Å²) in [6.07, 6.45) is 4.36. The molecule has 3 saturated heterocycles. The summed E-state index contributed by atoms with van der Waals surface area (Å²) in [5.74, 6) is -0.781. The van der Waals surface area contributed by atoms with Crippen LogP contribution in [0, 0.1) is 0 Å². The molecule has 0 aromatic rings. The van der Waals surface area contributed by atoms with Crippen molar-refractivity contribution in [1.82, 2.24) is 0 Å². The first kappa shape index (κ1) is 10.3. The lowest BCUT2D eigenvalue weighted by Crippen LogP contribution is -2.50. The monoisotopic (exact) mass is 240 g/mol. The molecule has 1 saturated carbocycles. The third-order valence-corrected chi connectivity index (χ3v) is 4.56. The molecule has 5 heteroatoms. The van der Waals surface area contributed by atoms with E-state index in [0.29, 0.717) is 6.10 Å². The first-order chi connectivity index (χ1) is 8.16. The van der Waals surface area contributed by atoms with Gasteiger partial charge >= 0.3 is 5.97 Å². The fraction of sp³-hybridized carbons (Fsp3) is 0.917. The van der Waals surface area contributed by atoms with Gasteiger partial charge in [-0.25, -0.2) is 0 Å². The summed E-state index contributed by atoms with van der Waals surface area (Å²) >= 11 is 0. The molecule has 4 rings (SSSR count). The van der Waals surface area contributed by atoms with E-state index in [1.54, 1.807) is 0 Å². The highest BCUT2D eigenvalue weighted by Gasteiger charge is 2.66. The Hall–Kier alpha value is -0.650. The minimum Gasteiger partial charge on any atom is -0.481 e. The molecule has 0 aromatic heterocycles. The topological polar surface area (TPSA) is 68.3 Å². The summed E-state index contributed by atoms with van der Waals surface area (Å²) in [4.78, 5) is 10.8. The first-order valence-corrected chi connectivity index (χ1v) is 6.37. The highest BCUT2D eigenvalue weighted by Crippen LogP contribution is 2.55. The Morgan fingerprint density at radius 2 is 2.00 bits per heavy atom. The van der Waals surface area contributed by atoms with Crippen LogP contribution in [0.5, 0.6) is 0 Å². The van der Waals surface area contributed by atoms with Crippen molar-refractivity contribution in [2.45, 2.75) is 68.2 Å². The maximum absolute atomic E-state index is 10.8. The van der Waals surface area contributed by atoms with Crippen molar-refractivity contribution in [3.63, 3.8) is 0 Å². The van der Waals surface area contributed by atoms with E-state index in [0.717, 1.165) is 25.7 Å². The van der Waals surface area contributed by atoms with E-state index in [2.05, 4.69) is 0 Å². The standard InChI is InChI=1S/C12H16O5/c13-10(14)3-6-1-2-9-12(17-6)4-7(15-9)11-8(5-12)16-11/h6-9,11H,1-5H2,(H,13,14)/t6?,7-,8-,9+,11+,12-/m1/s1. The van der Waals surface area contributed by atoms with Gasteiger partial charge in [0.2, 0.25) is 0 Å². The molecule has 17 heavy (non-hydrogen) atoms. The molecule has 1 N–H and O–H groups in total. The van der Waals surface area contributed by atoms with Crippen molar-refractivity contribution in [1.29, 1.82) is 0 Å². The lowest BCUT2D eigenvalue weighted by Gasteiger charge is -2.42. The van der Waals surface area contributed by atoms with E-state index in [-0.39, 0.29) is 36.4 Å². The normalized spacial score (nSPS) is 54.9. The van der Waals surface area contributed by atoms with E-state index in [9.17, 15) is 4.79 Å². The van der Waals surface area contributed by atoms with Gasteiger partial charge in [0.05, 0.1) is 36.4 Å². The van der Waals surface area contributed by atoms with Crippen LogP contribution in [0.15, 0.2) is 0 Å². The number of rotatable bonds is 2. The third kappa shape index (κ3) is 1.46. The van der Waals surface area contributed by atoms with Gasteiger partial charge in [0.25, 0.3) is 0 Å². The second-order valence-electron chi connectivity index (χ2n) is 5.69. The maximum atomic E-state index is 10.8. The number of hydrogen-bond acceptors (Lipinski definition) is 4. The Kier molecular flexibility index (Phi) is 1.95. The largest absolute Gasteiger partial charge is 0.481 e. The van der Waals surface area contributed by atoms with Crippen LogP contribution in [0.3, 0.4) is 0 Å². The van der Waals surface area contributed by atoms with E-state index in [1.165, 1.54) is 0 Å². The number of ether oxygens (including phenoxy) is 3. The van der Waals surface area contributed by atoms with Crippen LogP contribution < -0.4 is 0 Å². The van der Waals surface area contributed by atoms with Crippen LogP contribution in [-0.2, 0) is 19.0 Å². The number of carbonyl (C=O) groups is 1. The van der Waals surface area contributed by atoms with Crippen LogP contribution >= 0.6 is 0 Å². The molecule has 1 aliphatic carbocycles. The predicted molar refractivity (Wildman–Crippen MR) is 55.6 cm³/mol. The van der Waals surface area contributed by atoms with E-state index < -0.39 is 5.97 Å². The quantitative estimate of drug-likeness (QED) is 0.720. The molecule has 4 aliphatic rings. The summed E-state index contributed by atoms with van der Waals surface area (Å²) in [6, 6.07) is 0. The molecule has 0 amide bonds. The predicted octanol–water partition coefficient (Wildman–Crippen LogP) is 0.708.